The Morgan fingerprint density at radius 2 is 2.00 bits per heavy atom. The van der Waals surface area contributed by atoms with Crippen molar-refractivity contribution in [3.8, 4) is 0 Å². The van der Waals surface area contributed by atoms with Crippen LogP contribution in [0.4, 0.5) is 17.6 Å². The van der Waals surface area contributed by atoms with Crippen molar-refractivity contribution in [3.63, 3.8) is 0 Å². The molecule has 1 atom stereocenters. The second-order valence-electron chi connectivity index (χ2n) is 4.62. The Labute approximate surface area is 103 Å². The lowest BCUT2D eigenvalue weighted by Gasteiger charge is -2.25. The van der Waals surface area contributed by atoms with Crippen LogP contribution in [0.2, 0.25) is 0 Å². The van der Waals surface area contributed by atoms with Crippen LogP contribution in [0.25, 0.3) is 0 Å². The molecule has 100 valence electrons. The lowest BCUT2D eigenvalue weighted by Crippen LogP contribution is -2.36. The summed E-state index contributed by atoms with van der Waals surface area (Å²) in [6.07, 6.45) is -1.50. The smallest absolute Gasteiger partial charge is 0.314 e. The van der Waals surface area contributed by atoms with Crippen LogP contribution in [0.15, 0.2) is 18.2 Å². The van der Waals surface area contributed by atoms with E-state index in [1.165, 1.54) is 12.1 Å². The minimum absolute atomic E-state index is 0.0154. The van der Waals surface area contributed by atoms with Gasteiger partial charge in [0, 0.05) is 6.04 Å². The summed E-state index contributed by atoms with van der Waals surface area (Å²) in [6.45, 7) is 0.821. The van der Waals surface area contributed by atoms with Crippen LogP contribution in [-0.2, 0) is 12.6 Å². The van der Waals surface area contributed by atoms with Gasteiger partial charge in [0.05, 0.1) is 5.56 Å². The van der Waals surface area contributed by atoms with E-state index in [1.807, 2.05) is 0 Å². The lowest BCUT2D eigenvalue weighted by atomic mass is 9.94. The summed E-state index contributed by atoms with van der Waals surface area (Å²) in [6, 6.07) is 3.58. The maximum atomic E-state index is 13.4. The molecule has 0 spiro atoms. The normalized spacial score (nSPS) is 21.0. The van der Waals surface area contributed by atoms with E-state index >= 15 is 0 Å². The molecule has 1 saturated heterocycles. The van der Waals surface area contributed by atoms with Gasteiger partial charge in [-0.2, -0.15) is 13.2 Å². The number of benzene rings is 1. The van der Waals surface area contributed by atoms with Crippen molar-refractivity contribution in [3.05, 3.63) is 35.1 Å². The number of rotatable bonds is 2. The SMILES string of the molecule is Fc1cccc(CC2CCCCN2)c1C(F)(F)F. The predicted octanol–water partition coefficient (Wildman–Crippen LogP) is 3.53. The van der Waals surface area contributed by atoms with E-state index in [0.29, 0.717) is 0 Å². The molecule has 1 aliphatic heterocycles. The van der Waals surface area contributed by atoms with Crippen LogP contribution >= 0.6 is 0 Å². The van der Waals surface area contributed by atoms with Gasteiger partial charge in [-0.3, -0.25) is 0 Å². The molecule has 2 rings (SSSR count). The zero-order chi connectivity index (χ0) is 13.2. The first-order valence-electron chi connectivity index (χ1n) is 6.06. The second-order valence-corrected chi connectivity index (χ2v) is 4.62. The second kappa shape index (κ2) is 5.26. The average Bonchev–Trinajstić information content (AvgIpc) is 2.28. The van der Waals surface area contributed by atoms with Crippen LogP contribution in [0.3, 0.4) is 0 Å². The van der Waals surface area contributed by atoms with Gasteiger partial charge in [0.15, 0.2) is 0 Å². The number of nitrogens with one attached hydrogen (secondary N) is 1. The van der Waals surface area contributed by atoms with Gasteiger partial charge >= 0.3 is 6.18 Å². The monoisotopic (exact) mass is 261 g/mol. The highest BCUT2D eigenvalue weighted by Crippen LogP contribution is 2.34. The molecular weight excluding hydrogens is 246 g/mol. The largest absolute Gasteiger partial charge is 0.419 e. The molecule has 1 nitrogen and oxygen atoms in total. The molecule has 0 amide bonds. The topological polar surface area (TPSA) is 12.0 Å². The van der Waals surface area contributed by atoms with Crippen LogP contribution in [0.1, 0.15) is 30.4 Å². The minimum Gasteiger partial charge on any atom is -0.314 e. The summed E-state index contributed by atoms with van der Waals surface area (Å²) in [4.78, 5) is 0. The quantitative estimate of drug-likeness (QED) is 0.803. The summed E-state index contributed by atoms with van der Waals surface area (Å²) in [7, 11) is 0. The summed E-state index contributed by atoms with van der Waals surface area (Å²) in [5.41, 5.74) is -1.07. The van der Waals surface area contributed by atoms with Gasteiger partial charge in [0.25, 0.3) is 0 Å². The molecule has 18 heavy (non-hydrogen) atoms. The Bertz CT molecular complexity index is 408. The van der Waals surface area contributed by atoms with Gasteiger partial charge in [-0.05, 0) is 37.4 Å². The van der Waals surface area contributed by atoms with E-state index in [4.69, 9.17) is 0 Å². The van der Waals surface area contributed by atoms with E-state index < -0.39 is 17.6 Å². The van der Waals surface area contributed by atoms with Crippen molar-refractivity contribution in [1.82, 2.24) is 5.32 Å². The van der Waals surface area contributed by atoms with Crippen LogP contribution < -0.4 is 5.32 Å². The zero-order valence-corrected chi connectivity index (χ0v) is 9.86. The average molecular weight is 261 g/mol. The van der Waals surface area contributed by atoms with Crippen LogP contribution in [0, 0.1) is 5.82 Å². The maximum Gasteiger partial charge on any atom is 0.419 e. The lowest BCUT2D eigenvalue weighted by molar-refractivity contribution is -0.140. The van der Waals surface area contributed by atoms with Crippen molar-refractivity contribution in [2.45, 2.75) is 37.9 Å². The van der Waals surface area contributed by atoms with Crippen molar-refractivity contribution in [1.29, 1.82) is 0 Å². The number of hydrogen-bond donors (Lipinski definition) is 1. The number of alkyl halides is 3. The molecule has 0 saturated carbocycles. The van der Waals surface area contributed by atoms with E-state index in [-0.39, 0.29) is 18.0 Å². The molecule has 1 aromatic carbocycles. The fourth-order valence-corrected chi connectivity index (χ4v) is 2.42. The fourth-order valence-electron chi connectivity index (χ4n) is 2.42. The van der Waals surface area contributed by atoms with Gasteiger partial charge < -0.3 is 5.32 Å². The van der Waals surface area contributed by atoms with E-state index in [2.05, 4.69) is 5.32 Å². The molecule has 1 aliphatic rings. The molecule has 0 bridgehead atoms. The molecule has 1 fully saturated rings. The predicted molar refractivity (Wildman–Crippen MR) is 60.7 cm³/mol. The van der Waals surface area contributed by atoms with Gasteiger partial charge in [-0.1, -0.05) is 18.6 Å². The third kappa shape index (κ3) is 3.02. The molecule has 0 aliphatic carbocycles. The zero-order valence-electron chi connectivity index (χ0n) is 9.86. The first kappa shape index (κ1) is 13.3. The highest BCUT2D eigenvalue weighted by Gasteiger charge is 2.37. The van der Waals surface area contributed by atoms with E-state index in [0.717, 1.165) is 31.9 Å². The summed E-state index contributed by atoms with van der Waals surface area (Å²) in [5.74, 6) is -1.18. The number of hydrogen-bond acceptors (Lipinski definition) is 1. The Balaban J connectivity index is 2.24. The Hall–Kier alpha value is -1.10. The molecule has 1 N–H and O–H groups in total. The van der Waals surface area contributed by atoms with E-state index in [9.17, 15) is 17.6 Å². The molecule has 1 heterocycles. The van der Waals surface area contributed by atoms with Gasteiger partial charge in [0.2, 0.25) is 0 Å². The van der Waals surface area contributed by atoms with Gasteiger partial charge in [-0.25, -0.2) is 4.39 Å². The molecular formula is C13H15F4N. The van der Waals surface area contributed by atoms with Crippen LogP contribution in [-0.4, -0.2) is 12.6 Å². The molecule has 0 radical (unpaired) electrons. The summed E-state index contributed by atoms with van der Waals surface area (Å²) in [5, 5.41) is 3.18. The molecule has 1 aromatic rings. The summed E-state index contributed by atoms with van der Waals surface area (Å²) >= 11 is 0. The molecule has 5 heteroatoms. The number of piperidine rings is 1. The fraction of sp³-hybridized carbons (Fsp3) is 0.538. The molecule has 1 unspecified atom stereocenters. The van der Waals surface area contributed by atoms with Crippen molar-refractivity contribution in [2.24, 2.45) is 0 Å². The van der Waals surface area contributed by atoms with Gasteiger partial charge in [-0.15, -0.1) is 0 Å². The Kier molecular flexibility index (Phi) is 3.90. The van der Waals surface area contributed by atoms with E-state index in [1.54, 1.807) is 0 Å². The van der Waals surface area contributed by atoms with Crippen molar-refractivity contribution >= 4 is 0 Å². The Morgan fingerprint density at radius 3 is 2.61 bits per heavy atom. The first-order chi connectivity index (χ1) is 8.48. The number of halogens is 4. The third-order valence-electron chi connectivity index (χ3n) is 3.26. The summed E-state index contributed by atoms with van der Waals surface area (Å²) < 4.78 is 51.8. The first-order valence-corrected chi connectivity index (χ1v) is 6.06. The Morgan fingerprint density at radius 1 is 1.22 bits per heavy atom. The van der Waals surface area contributed by atoms with Crippen LogP contribution in [0.5, 0.6) is 0 Å². The van der Waals surface area contributed by atoms with Crippen molar-refractivity contribution < 1.29 is 17.6 Å². The van der Waals surface area contributed by atoms with Crippen molar-refractivity contribution in [2.75, 3.05) is 6.54 Å². The standard InChI is InChI=1S/C13H15F4N/c14-11-6-3-4-9(12(11)13(15,16)17)8-10-5-1-2-7-18-10/h3-4,6,10,18H,1-2,5,7-8H2. The minimum atomic E-state index is -4.63. The highest BCUT2D eigenvalue weighted by molar-refractivity contribution is 5.32. The van der Waals surface area contributed by atoms with Gasteiger partial charge in [0.1, 0.15) is 5.82 Å². The maximum absolute atomic E-state index is 13.4. The highest BCUT2D eigenvalue weighted by atomic mass is 19.4. The third-order valence-corrected chi connectivity index (χ3v) is 3.26. The molecule has 0 aromatic heterocycles.